The normalized spacial score (nSPS) is 24.5. The lowest BCUT2D eigenvalue weighted by Crippen LogP contribution is -2.46. The highest BCUT2D eigenvalue weighted by Crippen LogP contribution is 2.56. The fourth-order valence-electron chi connectivity index (χ4n) is 6.90. The van der Waals surface area contributed by atoms with Crippen molar-refractivity contribution in [3.05, 3.63) is 123 Å². The molecule has 0 bridgehead atoms. The SMILES string of the molecule is CN1C=C(O)OB(c2ccc(CN3[C@@H](CC(C)(C)C)[C@](C#N)(c4ccc(Cl)cc4F)[C@@H](c4cccc(Cl)c4F)[C@@H]3CO)cc2)O/C(O)=C\1. The third-order valence-electron chi connectivity index (χ3n) is 8.80. The minimum absolute atomic E-state index is 0.0503. The van der Waals surface area contributed by atoms with Crippen LogP contribution in [0.2, 0.25) is 10.0 Å². The molecule has 0 amide bonds. The van der Waals surface area contributed by atoms with E-state index in [1.807, 2.05) is 25.7 Å². The van der Waals surface area contributed by atoms with Gasteiger partial charge in [-0.05, 0) is 41.2 Å². The van der Waals surface area contributed by atoms with Crippen molar-refractivity contribution >= 4 is 35.8 Å². The Morgan fingerprint density at radius 3 is 2.21 bits per heavy atom. The number of nitriles is 1. The quantitative estimate of drug-likeness (QED) is 0.229. The first-order valence-electron chi connectivity index (χ1n) is 15.3. The third-order valence-corrected chi connectivity index (χ3v) is 9.33. The second-order valence-electron chi connectivity index (χ2n) is 13.3. The molecule has 2 aliphatic rings. The average molecular weight is 698 g/mol. The molecule has 0 aliphatic carbocycles. The molecule has 2 aliphatic heterocycles. The standard InChI is InChI=1S/C35H36BCl2F2N3O5/c1-34(2,3)15-29-35(20-41,25-13-12-23(37)14-27(25)39)32(24-6-5-7-26(38)33(24)40)28(19-44)43(29)16-21-8-10-22(11-9-21)36-47-30(45)17-42(4)18-31(46)48-36/h5-14,17-18,28-29,32,44-46H,15-16,19H2,1-4H3/b30-17-,31-18?/t28-,29-,32-,35-/m0/s1. The number of hydrogen-bond acceptors (Lipinski definition) is 8. The van der Waals surface area contributed by atoms with Gasteiger partial charge in [0.2, 0.25) is 0 Å². The molecule has 0 radical (unpaired) electrons. The van der Waals surface area contributed by atoms with E-state index in [0.717, 1.165) is 11.6 Å². The number of halogens is 4. The summed E-state index contributed by atoms with van der Waals surface area (Å²) in [6.07, 6.45) is 2.91. The van der Waals surface area contributed by atoms with E-state index in [1.54, 1.807) is 37.4 Å². The van der Waals surface area contributed by atoms with E-state index in [0.29, 0.717) is 11.9 Å². The molecule has 8 nitrogen and oxygen atoms in total. The van der Waals surface area contributed by atoms with Gasteiger partial charge in [-0.2, -0.15) is 5.26 Å². The second kappa shape index (κ2) is 13.9. The Balaban J connectivity index is 1.63. The van der Waals surface area contributed by atoms with Gasteiger partial charge in [-0.3, -0.25) is 4.90 Å². The monoisotopic (exact) mass is 697 g/mol. The van der Waals surface area contributed by atoms with Gasteiger partial charge in [-0.1, -0.05) is 86.4 Å². The molecule has 0 unspecified atom stereocenters. The van der Waals surface area contributed by atoms with E-state index in [1.165, 1.54) is 41.6 Å². The summed E-state index contributed by atoms with van der Waals surface area (Å²) in [4.78, 5) is 3.32. The van der Waals surface area contributed by atoms with Crippen molar-refractivity contribution in [3.8, 4) is 6.07 Å². The van der Waals surface area contributed by atoms with E-state index in [9.17, 15) is 20.6 Å². The summed E-state index contributed by atoms with van der Waals surface area (Å²) in [6.45, 7) is 5.73. The number of hydrogen-bond donors (Lipinski definition) is 3. The Morgan fingerprint density at radius 1 is 1.00 bits per heavy atom. The van der Waals surface area contributed by atoms with Crippen LogP contribution in [0.1, 0.15) is 49.8 Å². The van der Waals surface area contributed by atoms with Gasteiger partial charge in [0.1, 0.15) is 17.0 Å². The van der Waals surface area contributed by atoms with Gasteiger partial charge in [0.15, 0.2) is 0 Å². The summed E-state index contributed by atoms with van der Waals surface area (Å²) >= 11 is 12.4. The maximum absolute atomic E-state index is 16.0. The van der Waals surface area contributed by atoms with Crippen molar-refractivity contribution in [2.75, 3.05) is 13.7 Å². The summed E-state index contributed by atoms with van der Waals surface area (Å²) in [5.74, 6) is -3.34. The Kier molecular flexibility index (Phi) is 10.2. The summed E-state index contributed by atoms with van der Waals surface area (Å²) in [5.41, 5.74) is -0.693. The van der Waals surface area contributed by atoms with Gasteiger partial charge in [0, 0.05) is 47.6 Å². The lowest BCUT2D eigenvalue weighted by Gasteiger charge is -2.39. The molecule has 1 fully saturated rings. The molecule has 13 heteroatoms. The number of nitrogens with zero attached hydrogens (tertiary/aromatic N) is 3. The van der Waals surface area contributed by atoms with E-state index in [4.69, 9.17) is 32.5 Å². The minimum atomic E-state index is -1.68. The average Bonchev–Trinajstić information content (AvgIpc) is 3.25. The van der Waals surface area contributed by atoms with Crippen LogP contribution in [0, 0.1) is 28.4 Å². The first-order chi connectivity index (χ1) is 22.7. The fourth-order valence-corrected chi connectivity index (χ4v) is 7.24. The highest BCUT2D eigenvalue weighted by molar-refractivity contribution is 6.61. The van der Waals surface area contributed by atoms with Crippen molar-refractivity contribution in [1.29, 1.82) is 5.26 Å². The first kappa shape index (κ1) is 35.4. The number of aliphatic hydroxyl groups excluding tert-OH is 3. The lowest BCUT2D eigenvalue weighted by molar-refractivity contribution is 0.0926. The van der Waals surface area contributed by atoms with Crippen molar-refractivity contribution < 1.29 is 33.4 Å². The number of aliphatic hydroxyl groups is 3. The molecule has 0 saturated carbocycles. The van der Waals surface area contributed by atoms with Crippen LogP contribution in [0.5, 0.6) is 0 Å². The zero-order chi connectivity index (χ0) is 35.0. The van der Waals surface area contributed by atoms with Crippen LogP contribution in [0.25, 0.3) is 0 Å². The maximum atomic E-state index is 16.0. The molecule has 48 heavy (non-hydrogen) atoms. The molecule has 252 valence electrons. The van der Waals surface area contributed by atoms with E-state index in [2.05, 4.69) is 6.07 Å². The van der Waals surface area contributed by atoms with Crippen molar-refractivity contribution in [1.82, 2.24) is 9.80 Å². The van der Waals surface area contributed by atoms with Crippen LogP contribution < -0.4 is 5.46 Å². The highest BCUT2D eigenvalue weighted by atomic mass is 35.5. The molecule has 5 rings (SSSR count). The topological polar surface area (TPSA) is 109 Å². The van der Waals surface area contributed by atoms with Crippen LogP contribution in [0.15, 0.2) is 85.0 Å². The molecular formula is C35H36BCl2F2N3O5. The Labute approximate surface area is 289 Å². The van der Waals surface area contributed by atoms with Crippen LogP contribution in [0.4, 0.5) is 8.78 Å². The van der Waals surface area contributed by atoms with Gasteiger partial charge in [-0.15, -0.1) is 0 Å². The van der Waals surface area contributed by atoms with Crippen LogP contribution in [0.3, 0.4) is 0 Å². The van der Waals surface area contributed by atoms with Gasteiger partial charge < -0.3 is 29.5 Å². The van der Waals surface area contributed by atoms with Gasteiger partial charge in [0.25, 0.3) is 11.9 Å². The molecule has 3 aromatic carbocycles. The largest absolute Gasteiger partial charge is 0.636 e. The Hall–Kier alpha value is -3.95. The molecular weight excluding hydrogens is 662 g/mol. The van der Waals surface area contributed by atoms with Crippen molar-refractivity contribution in [2.24, 2.45) is 5.41 Å². The Morgan fingerprint density at radius 2 is 1.65 bits per heavy atom. The van der Waals surface area contributed by atoms with Crippen LogP contribution in [-0.4, -0.2) is 58.0 Å². The molecule has 0 aromatic heterocycles. The molecule has 0 spiro atoms. The second-order valence-corrected chi connectivity index (χ2v) is 14.2. The van der Waals surface area contributed by atoms with Gasteiger partial charge in [-0.25, -0.2) is 8.78 Å². The Bertz CT molecular complexity index is 1740. The summed E-state index contributed by atoms with van der Waals surface area (Å²) in [5, 5.41) is 42.6. The lowest BCUT2D eigenvalue weighted by atomic mass is 9.62. The van der Waals surface area contributed by atoms with Crippen molar-refractivity contribution in [3.63, 3.8) is 0 Å². The minimum Gasteiger partial charge on any atom is -0.494 e. The first-order valence-corrected chi connectivity index (χ1v) is 16.1. The zero-order valence-corrected chi connectivity index (χ0v) is 28.4. The third kappa shape index (κ3) is 6.94. The van der Waals surface area contributed by atoms with E-state index in [-0.39, 0.29) is 33.1 Å². The summed E-state index contributed by atoms with van der Waals surface area (Å²) < 4.78 is 43.0. The van der Waals surface area contributed by atoms with Crippen molar-refractivity contribution in [2.45, 2.75) is 57.2 Å². The van der Waals surface area contributed by atoms with E-state index < -0.39 is 60.7 Å². The van der Waals surface area contributed by atoms with Gasteiger partial charge >= 0.3 is 7.12 Å². The number of rotatable bonds is 7. The molecule has 1 saturated heterocycles. The highest BCUT2D eigenvalue weighted by Gasteiger charge is 2.62. The molecule has 2 heterocycles. The predicted molar refractivity (Wildman–Crippen MR) is 180 cm³/mol. The van der Waals surface area contributed by atoms with Crippen LogP contribution >= 0.6 is 23.2 Å². The molecule has 3 N–H and O–H groups in total. The van der Waals surface area contributed by atoms with Crippen LogP contribution in [-0.2, 0) is 21.3 Å². The molecule has 4 atom stereocenters. The summed E-state index contributed by atoms with van der Waals surface area (Å²) in [7, 11) is 0.410. The zero-order valence-electron chi connectivity index (χ0n) is 26.9. The predicted octanol–water partition coefficient (Wildman–Crippen LogP) is 6.89. The summed E-state index contributed by atoms with van der Waals surface area (Å²) in [6, 6.07) is 16.5. The van der Waals surface area contributed by atoms with E-state index >= 15 is 8.78 Å². The molecule has 3 aromatic rings. The number of benzene rings is 3. The van der Waals surface area contributed by atoms with Gasteiger partial charge in [0.05, 0.1) is 30.1 Å². The fraction of sp³-hybridized carbons (Fsp3) is 0.343. The maximum Gasteiger partial charge on any atom is 0.636 e. The number of likely N-dealkylation sites (tertiary alicyclic amines) is 1. The smallest absolute Gasteiger partial charge is 0.494 e.